The Morgan fingerprint density at radius 2 is 1.76 bits per heavy atom. The average Bonchev–Trinajstić information content (AvgIpc) is 2.39. The average molecular weight is 244 g/mol. The molecule has 0 amide bonds. The minimum atomic E-state index is 0.729. The quantitative estimate of drug-likeness (QED) is 0.565. The molecule has 0 saturated heterocycles. The lowest BCUT2D eigenvalue weighted by atomic mass is 10.0. The molecule has 86 valence electrons. The van der Waals surface area contributed by atoms with E-state index in [2.05, 4.69) is 6.72 Å². The Morgan fingerprint density at radius 3 is 2.41 bits per heavy atom. The van der Waals surface area contributed by atoms with Crippen LogP contribution in [-0.4, -0.2) is 0 Å². The summed E-state index contributed by atoms with van der Waals surface area (Å²) in [5, 5.41) is 1.64. The molecule has 1 aromatic heterocycles. The van der Waals surface area contributed by atoms with E-state index in [0.29, 0.717) is 0 Å². The Labute approximate surface area is 106 Å². The summed E-state index contributed by atoms with van der Waals surface area (Å²) in [6.07, 6.45) is 1.88. The Hall–Kier alpha value is -1.73. The van der Waals surface area contributed by atoms with Crippen molar-refractivity contribution in [3.8, 4) is 0 Å². The van der Waals surface area contributed by atoms with Crippen molar-refractivity contribution in [1.29, 1.82) is 0 Å². The first-order valence-electron chi connectivity index (χ1n) is 5.44. The summed E-state index contributed by atoms with van der Waals surface area (Å²) >= 11 is 6.42. The number of hydrogen-bond donors (Lipinski definition) is 0. The Bertz CT molecular complexity index is 604. The van der Waals surface area contributed by atoms with Crippen molar-refractivity contribution in [2.24, 2.45) is 0 Å². The van der Waals surface area contributed by atoms with Gasteiger partial charge < -0.3 is 0 Å². The SMILES string of the molecule is C=[n+]1ccccc1=C(Cl)[C-](C)c1ccccc1. The second kappa shape index (κ2) is 5.07. The van der Waals surface area contributed by atoms with Gasteiger partial charge in [-0.1, -0.05) is 30.7 Å². The summed E-state index contributed by atoms with van der Waals surface area (Å²) in [6, 6.07) is 16.0. The molecule has 2 rings (SSSR count). The predicted octanol–water partition coefficient (Wildman–Crippen LogP) is 2.60. The summed E-state index contributed by atoms with van der Waals surface area (Å²) in [5.74, 6) is 1.05. The molecule has 0 fully saturated rings. The van der Waals surface area contributed by atoms with Crippen LogP contribution in [0, 0.1) is 12.6 Å². The molecule has 17 heavy (non-hydrogen) atoms. The highest BCUT2D eigenvalue weighted by Gasteiger charge is 2.05. The van der Waals surface area contributed by atoms with Crippen LogP contribution >= 0.6 is 11.6 Å². The molecule has 0 atom stereocenters. The second-order valence-electron chi connectivity index (χ2n) is 3.86. The van der Waals surface area contributed by atoms with Crippen molar-refractivity contribution < 1.29 is 4.24 Å². The highest BCUT2D eigenvalue weighted by molar-refractivity contribution is 6.47. The molecule has 0 aliphatic rings. The van der Waals surface area contributed by atoms with Crippen molar-refractivity contribution >= 4 is 16.6 Å². The lowest BCUT2D eigenvalue weighted by Crippen LogP contribution is -2.36. The van der Waals surface area contributed by atoms with Gasteiger partial charge in [0, 0.05) is 11.1 Å². The van der Waals surface area contributed by atoms with E-state index >= 15 is 0 Å². The van der Waals surface area contributed by atoms with E-state index < -0.39 is 0 Å². The topological polar surface area (TPSA) is 5.90 Å². The summed E-state index contributed by atoms with van der Waals surface area (Å²) in [7, 11) is 0. The third-order valence-electron chi connectivity index (χ3n) is 2.70. The zero-order valence-electron chi connectivity index (χ0n) is 9.73. The number of nitrogens with zero attached hydrogens (tertiary/aromatic N) is 1. The summed E-state index contributed by atoms with van der Waals surface area (Å²) in [6.45, 7) is 5.93. The van der Waals surface area contributed by atoms with E-state index in [1.807, 2.05) is 61.7 Å². The summed E-state index contributed by atoms with van der Waals surface area (Å²) in [5.41, 5.74) is 1.13. The Balaban J connectivity index is 2.53. The minimum absolute atomic E-state index is 0.729. The molecule has 0 radical (unpaired) electrons. The number of halogens is 1. The number of aromatic nitrogens is 1. The van der Waals surface area contributed by atoms with Gasteiger partial charge in [0.25, 0.3) is 0 Å². The first kappa shape index (κ1) is 11.7. The Kier molecular flexibility index (Phi) is 3.50. The van der Waals surface area contributed by atoms with Gasteiger partial charge in [0.05, 0.1) is 0 Å². The number of hydrogen-bond acceptors (Lipinski definition) is 0. The molecule has 0 bridgehead atoms. The standard InChI is InChI=1S/C15H14ClN/c1-12(13-8-4-3-5-9-13)15(16)14-10-6-7-11-17(14)2/h3-11H,2H2,1H3. The number of rotatable bonds is 2. The first-order chi connectivity index (χ1) is 8.20. The molecule has 0 saturated carbocycles. The normalized spacial score (nSPS) is 12.1. The van der Waals surface area contributed by atoms with Crippen LogP contribution < -0.4 is 9.59 Å². The third kappa shape index (κ3) is 2.51. The van der Waals surface area contributed by atoms with Gasteiger partial charge in [-0.25, -0.2) is 4.24 Å². The predicted molar refractivity (Wildman–Crippen MR) is 70.7 cm³/mol. The Morgan fingerprint density at radius 1 is 1.12 bits per heavy atom. The van der Waals surface area contributed by atoms with Gasteiger partial charge in [0.15, 0.2) is 11.5 Å². The van der Waals surface area contributed by atoms with Gasteiger partial charge >= 0.3 is 0 Å². The fourth-order valence-electron chi connectivity index (χ4n) is 1.68. The van der Waals surface area contributed by atoms with E-state index in [9.17, 15) is 0 Å². The van der Waals surface area contributed by atoms with E-state index in [1.165, 1.54) is 0 Å². The molecule has 2 aromatic rings. The van der Waals surface area contributed by atoms with Crippen LogP contribution in [0.3, 0.4) is 0 Å². The zero-order valence-corrected chi connectivity index (χ0v) is 10.5. The van der Waals surface area contributed by atoms with E-state index in [-0.39, 0.29) is 0 Å². The molecule has 1 heterocycles. The molecule has 1 aromatic carbocycles. The molecule has 0 aliphatic carbocycles. The smallest absolute Gasteiger partial charge is 0.165 e. The van der Waals surface area contributed by atoms with Crippen molar-refractivity contribution in [3.05, 3.63) is 78.3 Å². The van der Waals surface area contributed by atoms with E-state index in [4.69, 9.17) is 11.6 Å². The second-order valence-corrected chi connectivity index (χ2v) is 4.24. The highest BCUT2D eigenvalue weighted by atomic mass is 35.5. The van der Waals surface area contributed by atoms with Gasteiger partial charge in [0.1, 0.15) is 6.72 Å². The first-order valence-corrected chi connectivity index (χ1v) is 5.81. The van der Waals surface area contributed by atoms with Crippen LogP contribution in [-0.2, 0) is 0 Å². The number of pyridine rings is 1. The lowest BCUT2D eigenvalue weighted by Gasteiger charge is -2.17. The van der Waals surface area contributed by atoms with Crippen LogP contribution in [0.1, 0.15) is 12.5 Å². The van der Waals surface area contributed by atoms with E-state index in [1.54, 1.807) is 4.24 Å². The lowest BCUT2D eigenvalue weighted by molar-refractivity contribution is -0.513. The maximum Gasteiger partial charge on any atom is 0.165 e. The van der Waals surface area contributed by atoms with Gasteiger partial charge in [-0.3, -0.25) is 0 Å². The molecular weight excluding hydrogens is 230 g/mol. The summed E-state index contributed by atoms with van der Waals surface area (Å²) < 4.78 is 1.77. The molecule has 0 aliphatic heterocycles. The van der Waals surface area contributed by atoms with Crippen LogP contribution in [0.5, 0.6) is 0 Å². The van der Waals surface area contributed by atoms with Crippen LogP contribution in [0.2, 0.25) is 0 Å². The van der Waals surface area contributed by atoms with Crippen molar-refractivity contribution in [1.82, 2.24) is 0 Å². The van der Waals surface area contributed by atoms with Crippen molar-refractivity contribution in [2.75, 3.05) is 0 Å². The molecular formula is C15H14ClN. The van der Waals surface area contributed by atoms with Crippen molar-refractivity contribution in [2.45, 2.75) is 6.92 Å². The molecule has 2 heteroatoms. The largest absolute Gasteiger partial charge is 0.213 e. The van der Waals surface area contributed by atoms with Gasteiger partial charge in [0.2, 0.25) is 0 Å². The van der Waals surface area contributed by atoms with E-state index in [0.717, 1.165) is 21.9 Å². The monoisotopic (exact) mass is 243 g/mol. The maximum atomic E-state index is 6.42. The molecule has 0 spiro atoms. The van der Waals surface area contributed by atoms with Gasteiger partial charge in [-0.05, 0) is 6.07 Å². The fourth-order valence-corrected chi connectivity index (χ4v) is 1.96. The number of benzene rings is 1. The highest BCUT2D eigenvalue weighted by Crippen LogP contribution is 2.24. The van der Waals surface area contributed by atoms with Gasteiger partial charge in [-0.2, -0.15) is 0 Å². The molecule has 0 N–H and O–H groups in total. The van der Waals surface area contributed by atoms with Crippen LogP contribution in [0.25, 0.3) is 5.03 Å². The zero-order chi connectivity index (χ0) is 12.3. The van der Waals surface area contributed by atoms with Gasteiger partial charge in [-0.15, -0.1) is 35.7 Å². The molecule has 1 nitrogen and oxygen atoms in total. The minimum Gasteiger partial charge on any atom is -0.213 e. The van der Waals surface area contributed by atoms with Crippen molar-refractivity contribution in [3.63, 3.8) is 0 Å². The fraction of sp³-hybridized carbons (Fsp3) is 0.0667. The van der Waals surface area contributed by atoms with Crippen LogP contribution in [0.15, 0.2) is 54.7 Å². The maximum absolute atomic E-state index is 6.42. The van der Waals surface area contributed by atoms with Crippen LogP contribution in [0.4, 0.5) is 0 Å². The molecule has 0 unspecified atom stereocenters. The third-order valence-corrected chi connectivity index (χ3v) is 3.18. The summed E-state index contributed by atoms with van der Waals surface area (Å²) in [4.78, 5) is 0.